The molecule has 0 aliphatic carbocycles. The molecule has 0 amide bonds. The quantitative estimate of drug-likeness (QED) is 0.723. The van der Waals surface area contributed by atoms with E-state index in [0.29, 0.717) is 0 Å². The van der Waals surface area contributed by atoms with E-state index in [-0.39, 0.29) is 17.1 Å². The first kappa shape index (κ1) is 10.4. The van der Waals surface area contributed by atoms with E-state index in [4.69, 9.17) is 5.11 Å². The molecule has 13 heavy (non-hydrogen) atoms. The Kier molecular flexibility index (Phi) is 3.22. The summed E-state index contributed by atoms with van der Waals surface area (Å²) in [5, 5.41) is 8.88. The van der Waals surface area contributed by atoms with Gasteiger partial charge >= 0.3 is 0 Å². The number of rotatable bonds is 3. The van der Waals surface area contributed by atoms with E-state index in [9.17, 15) is 4.39 Å². The van der Waals surface area contributed by atoms with Gasteiger partial charge in [-0.2, -0.15) is 0 Å². The predicted octanol–water partition coefficient (Wildman–Crippen LogP) is 1.18. The van der Waals surface area contributed by atoms with E-state index in [0.717, 1.165) is 5.56 Å². The molecule has 0 spiro atoms. The van der Waals surface area contributed by atoms with Gasteiger partial charge in [0.2, 0.25) is 0 Å². The van der Waals surface area contributed by atoms with Gasteiger partial charge in [0.15, 0.2) is 0 Å². The second-order valence-electron chi connectivity index (χ2n) is 3.87. The zero-order valence-electron chi connectivity index (χ0n) is 8.05. The fourth-order valence-corrected chi connectivity index (χ4v) is 2.40. The Morgan fingerprint density at radius 1 is 1.46 bits per heavy atom. The average molecular weight is 198 g/mol. The van der Waals surface area contributed by atoms with Crippen molar-refractivity contribution in [1.82, 2.24) is 0 Å². The molecule has 0 saturated heterocycles. The van der Waals surface area contributed by atoms with Gasteiger partial charge < -0.3 is 5.11 Å². The molecule has 0 radical (unpaired) electrons. The van der Waals surface area contributed by atoms with E-state index in [1.54, 1.807) is 12.1 Å². The van der Waals surface area contributed by atoms with Crippen LogP contribution in [0.2, 0.25) is 0 Å². The van der Waals surface area contributed by atoms with Gasteiger partial charge in [0.05, 0.1) is 9.52 Å². The van der Waals surface area contributed by atoms with Crippen molar-refractivity contribution in [2.45, 2.75) is 18.9 Å². The molecule has 0 atom stereocenters. The number of hydrogen-bond donors (Lipinski definition) is 1. The largest absolute Gasteiger partial charge is 0.400 e. The van der Waals surface area contributed by atoms with Crippen LogP contribution >= 0.6 is 0 Å². The maximum Gasteiger partial charge on any atom is 0.123 e. The minimum atomic E-state index is -0.576. The molecule has 0 aliphatic rings. The van der Waals surface area contributed by atoms with Crippen molar-refractivity contribution in [3.63, 3.8) is 0 Å². The molecule has 1 N–H and O–H groups in total. The Hall–Kier alpha value is -0.673. The first-order valence-electron chi connectivity index (χ1n) is 4.43. The van der Waals surface area contributed by atoms with E-state index in [1.165, 1.54) is 6.07 Å². The highest BCUT2D eigenvalue weighted by atomic mass is 28.2. The fourth-order valence-electron chi connectivity index (χ4n) is 1.33. The summed E-state index contributed by atoms with van der Waals surface area (Å²) in [5.41, 5.74) is 0.994. The van der Waals surface area contributed by atoms with Crippen molar-refractivity contribution in [3.8, 4) is 0 Å². The molecule has 0 saturated carbocycles. The summed E-state index contributed by atoms with van der Waals surface area (Å²) < 4.78 is 12.9. The average Bonchev–Trinajstić information content (AvgIpc) is 2.04. The van der Waals surface area contributed by atoms with Gasteiger partial charge in [-0.05, 0) is 22.7 Å². The highest BCUT2D eigenvalue weighted by Gasteiger charge is 2.20. The van der Waals surface area contributed by atoms with E-state index in [2.05, 4.69) is 13.8 Å². The number of aliphatic hydroxyl groups excluding tert-OH is 1. The lowest BCUT2D eigenvalue weighted by Crippen LogP contribution is -2.28. The zero-order valence-corrected chi connectivity index (χ0v) is 9.46. The number of halogens is 1. The lowest BCUT2D eigenvalue weighted by atomic mass is 10.0. The van der Waals surface area contributed by atoms with Crippen LogP contribution in [-0.4, -0.2) is 20.9 Å². The molecule has 1 rings (SSSR count). The molecule has 0 fully saturated rings. The van der Waals surface area contributed by atoms with Crippen LogP contribution < -0.4 is 0 Å². The van der Waals surface area contributed by atoms with Crippen LogP contribution in [0.3, 0.4) is 0 Å². The molecule has 3 heteroatoms. The van der Waals surface area contributed by atoms with Gasteiger partial charge in [-0.3, -0.25) is 0 Å². The van der Waals surface area contributed by atoms with Gasteiger partial charge in [-0.25, -0.2) is 4.39 Å². The fraction of sp³-hybridized carbons (Fsp3) is 0.400. The van der Waals surface area contributed by atoms with Crippen molar-refractivity contribution < 1.29 is 9.50 Å². The van der Waals surface area contributed by atoms with Gasteiger partial charge in [0, 0.05) is 6.23 Å². The van der Waals surface area contributed by atoms with Gasteiger partial charge in [-0.1, -0.05) is 26.0 Å². The van der Waals surface area contributed by atoms with Crippen LogP contribution in [0.1, 0.15) is 19.4 Å². The maximum absolute atomic E-state index is 12.9. The lowest BCUT2D eigenvalue weighted by Gasteiger charge is -2.23. The Balaban J connectivity index is 2.93. The molecular weight excluding hydrogens is 183 g/mol. The Labute approximate surface area is 80.4 Å². The monoisotopic (exact) mass is 198 g/mol. The van der Waals surface area contributed by atoms with Crippen LogP contribution in [0.15, 0.2) is 24.3 Å². The summed E-state index contributed by atoms with van der Waals surface area (Å²) in [7, 11) is -0.576. The minimum absolute atomic E-state index is 0.0170. The molecule has 0 unspecified atom stereocenters. The van der Waals surface area contributed by atoms with E-state index in [1.807, 2.05) is 6.07 Å². The topological polar surface area (TPSA) is 20.2 Å². The molecule has 0 bridgehead atoms. The highest BCUT2D eigenvalue weighted by molar-refractivity contribution is 6.39. The smallest absolute Gasteiger partial charge is 0.123 e. The lowest BCUT2D eigenvalue weighted by molar-refractivity contribution is 0.361. The second kappa shape index (κ2) is 4.02. The minimum Gasteiger partial charge on any atom is -0.400 e. The van der Waals surface area contributed by atoms with Crippen molar-refractivity contribution in [2.24, 2.45) is 0 Å². The first-order valence-corrected chi connectivity index (χ1v) is 6.14. The molecule has 1 aromatic rings. The molecular formula is C10H15FOSi. The number of hydrogen-bond acceptors (Lipinski definition) is 1. The molecule has 0 aromatic heterocycles. The first-order chi connectivity index (χ1) is 6.06. The second-order valence-corrected chi connectivity index (χ2v) is 6.58. The summed E-state index contributed by atoms with van der Waals surface area (Å²) in [6.07, 6.45) is 0.267. The van der Waals surface area contributed by atoms with Crippen LogP contribution in [0.5, 0.6) is 0 Å². The summed E-state index contributed by atoms with van der Waals surface area (Å²) in [6, 6.07) is 6.65. The summed E-state index contributed by atoms with van der Waals surface area (Å²) in [4.78, 5) is 0. The Morgan fingerprint density at radius 2 is 2.15 bits per heavy atom. The van der Waals surface area contributed by atoms with E-state index < -0.39 is 9.52 Å². The third-order valence-corrected chi connectivity index (χ3v) is 4.22. The van der Waals surface area contributed by atoms with Crippen molar-refractivity contribution in [3.05, 3.63) is 35.6 Å². The van der Waals surface area contributed by atoms with Gasteiger partial charge in [-0.15, -0.1) is 0 Å². The van der Waals surface area contributed by atoms with Gasteiger partial charge in [0.1, 0.15) is 5.82 Å². The predicted molar refractivity (Wildman–Crippen MR) is 55.1 cm³/mol. The normalized spacial score (nSPS) is 12.6. The van der Waals surface area contributed by atoms with Crippen LogP contribution in [0.4, 0.5) is 4.39 Å². The Bertz CT molecular complexity index is 286. The molecule has 1 nitrogen and oxygen atoms in total. The maximum atomic E-state index is 12.9. The molecule has 0 aliphatic heterocycles. The molecule has 1 aromatic carbocycles. The van der Waals surface area contributed by atoms with Crippen molar-refractivity contribution in [1.29, 1.82) is 0 Å². The van der Waals surface area contributed by atoms with Crippen LogP contribution in [0, 0.1) is 5.82 Å². The Morgan fingerprint density at radius 3 is 2.69 bits per heavy atom. The SMILES string of the molecule is CC(C)([SiH2]CO)c1cccc(F)c1. The van der Waals surface area contributed by atoms with Crippen molar-refractivity contribution in [2.75, 3.05) is 6.23 Å². The third kappa shape index (κ3) is 2.64. The molecule has 72 valence electrons. The molecule has 0 heterocycles. The summed E-state index contributed by atoms with van der Waals surface area (Å²) in [6.45, 7) is 4.12. The van der Waals surface area contributed by atoms with E-state index >= 15 is 0 Å². The summed E-state index contributed by atoms with van der Waals surface area (Å²) >= 11 is 0. The van der Waals surface area contributed by atoms with Crippen LogP contribution in [-0.2, 0) is 5.04 Å². The van der Waals surface area contributed by atoms with Crippen LogP contribution in [0.25, 0.3) is 0 Å². The standard InChI is InChI=1S/C10H15FOSi/c1-10(2,13-7-12)8-4-3-5-9(11)6-8/h3-6,12H,7,13H2,1-2H3. The number of aliphatic hydroxyl groups is 1. The summed E-state index contributed by atoms with van der Waals surface area (Å²) in [5.74, 6) is -0.197. The third-order valence-electron chi connectivity index (χ3n) is 2.34. The van der Waals surface area contributed by atoms with Gasteiger partial charge in [0.25, 0.3) is 0 Å². The zero-order chi connectivity index (χ0) is 9.90. The number of benzene rings is 1. The van der Waals surface area contributed by atoms with Crippen molar-refractivity contribution >= 4 is 9.52 Å². The highest BCUT2D eigenvalue weighted by Crippen LogP contribution is 2.21.